The molecule has 0 aliphatic carbocycles. The second-order valence-corrected chi connectivity index (χ2v) is 7.65. The lowest BCUT2D eigenvalue weighted by atomic mass is 9.98. The molecule has 0 aliphatic heterocycles. The van der Waals surface area contributed by atoms with E-state index in [2.05, 4.69) is 13.8 Å². The third-order valence-electron chi connectivity index (χ3n) is 5.27. The van der Waals surface area contributed by atoms with E-state index in [0.717, 1.165) is 12.8 Å². The molecule has 0 unspecified atom stereocenters. The van der Waals surface area contributed by atoms with Gasteiger partial charge in [0.05, 0.1) is 0 Å². The lowest BCUT2D eigenvalue weighted by molar-refractivity contribution is 0.0917. The molecule has 2 nitrogen and oxygen atoms in total. The molecule has 0 heterocycles. The van der Waals surface area contributed by atoms with Crippen molar-refractivity contribution < 1.29 is 9.59 Å². The van der Waals surface area contributed by atoms with Gasteiger partial charge < -0.3 is 0 Å². The molecule has 2 rings (SSSR count). The number of Topliss-reactive ketones (excluding diaryl/α,β-unsaturated/α-hetero) is 2. The number of hydrogen-bond donors (Lipinski definition) is 0. The number of carbonyl (C=O) groups is 2. The second kappa shape index (κ2) is 12.3. The number of carbonyl (C=O) groups excluding carboxylic acids is 2. The highest BCUT2D eigenvalue weighted by atomic mass is 16.1. The van der Waals surface area contributed by atoms with Crippen LogP contribution >= 0.6 is 0 Å². The molecular weight excluding hydrogens is 344 g/mol. The average Bonchev–Trinajstić information content (AvgIpc) is 2.73. The Hall–Kier alpha value is -2.22. The molecule has 2 aromatic carbocycles. The highest BCUT2D eigenvalue weighted by Gasteiger charge is 2.11. The van der Waals surface area contributed by atoms with E-state index in [1.807, 2.05) is 48.5 Å². The van der Waals surface area contributed by atoms with Crippen LogP contribution in [0.15, 0.2) is 48.5 Å². The van der Waals surface area contributed by atoms with E-state index in [-0.39, 0.29) is 24.4 Å². The third kappa shape index (κ3) is 7.42. The monoisotopic (exact) mass is 378 g/mol. The largest absolute Gasteiger partial charge is 0.294 e. The molecule has 2 heteroatoms. The van der Waals surface area contributed by atoms with Gasteiger partial charge in [0.15, 0.2) is 11.6 Å². The smallest absolute Gasteiger partial charge is 0.163 e. The minimum absolute atomic E-state index is 0.0460. The summed E-state index contributed by atoms with van der Waals surface area (Å²) in [5.74, 6) is 0.0919. The fourth-order valence-corrected chi connectivity index (χ4v) is 3.39. The summed E-state index contributed by atoms with van der Waals surface area (Å²) in [6.07, 6.45) is 9.96. The standard InChI is InChI=1S/C26H34O2/c1-3-5-7-9-21-11-15-23(16-12-21)25(27)19-20-26(28)24-17-13-22(14-18-24)10-8-6-4-2/h11-18H,3-10,19-20H2,1-2H3. The number of unbranched alkanes of at least 4 members (excludes halogenated alkanes) is 4. The lowest BCUT2D eigenvalue weighted by Crippen LogP contribution is -2.05. The average molecular weight is 379 g/mol. The molecular formula is C26H34O2. The van der Waals surface area contributed by atoms with Gasteiger partial charge in [-0.3, -0.25) is 9.59 Å². The normalized spacial score (nSPS) is 10.8. The molecule has 0 atom stereocenters. The highest BCUT2D eigenvalue weighted by molar-refractivity contribution is 6.02. The molecule has 28 heavy (non-hydrogen) atoms. The Kier molecular flexibility index (Phi) is 9.68. The van der Waals surface area contributed by atoms with E-state index in [4.69, 9.17) is 0 Å². The molecule has 0 amide bonds. The van der Waals surface area contributed by atoms with E-state index in [0.29, 0.717) is 11.1 Å². The van der Waals surface area contributed by atoms with Crippen molar-refractivity contribution in [1.82, 2.24) is 0 Å². The maximum atomic E-state index is 12.4. The number of aryl methyl sites for hydroxylation is 2. The molecule has 0 N–H and O–H groups in total. The van der Waals surface area contributed by atoms with E-state index in [1.165, 1.54) is 49.7 Å². The van der Waals surface area contributed by atoms with Crippen molar-refractivity contribution in [3.8, 4) is 0 Å². The highest BCUT2D eigenvalue weighted by Crippen LogP contribution is 2.14. The van der Waals surface area contributed by atoms with Gasteiger partial charge in [0.25, 0.3) is 0 Å². The first-order valence-electron chi connectivity index (χ1n) is 10.9. The zero-order valence-corrected chi connectivity index (χ0v) is 17.5. The Morgan fingerprint density at radius 3 is 1.25 bits per heavy atom. The molecule has 0 saturated carbocycles. The van der Waals surface area contributed by atoms with E-state index in [1.54, 1.807) is 0 Å². The van der Waals surface area contributed by atoms with Crippen molar-refractivity contribution in [1.29, 1.82) is 0 Å². The molecule has 0 aliphatic rings. The zero-order valence-electron chi connectivity index (χ0n) is 17.5. The number of ketones is 2. The molecule has 150 valence electrons. The second-order valence-electron chi connectivity index (χ2n) is 7.65. The van der Waals surface area contributed by atoms with Gasteiger partial charge in [-0.25, -0.2) is 0 Å². The number of benzene rings is 2. The first-order chi connectivity index (χ1) is 13.6. The van der Waals surface area contributed by atoms with Crippen LogP contribution in [0.4, 0.5) is 0 Å². The summed E-state index contributed by atoms with van der Waals surface area (Å²) in [6, 6.07) is 15.8. The van der Waals surface area contributed by atoms with Crippen molar-refractivity contribution in [2.75, 3.05) is 0 Å². The molecule has 0 saturated heterocycles. The lowest BCUT2D eigenvalue weighted by Gasteiger charge is -2.05. The summed E-state index contributed by atoms with van der Waals surface area (Å²) in [4.78, 5) is 24.8. The fourth-order valence-electron chi connectivity index (χ4n) is 3.39. The maximum Gasteiger partial charge on any atom is 0.163 e. The van der Waals surface area contributed by atoms with Gasteiger partial charge in [0.2, 0.25) is 0 Å². The van der Waals surface area contributed by atoms with E-state index in [9.17, 15) is 9.59 Å². The summed E-state index contributed by atoms with van der Waals surface area (Å²) >= 11 is 0. The predicted octanol–water partition coefficient (Wildman–Crippen LogP) is 7.00. The first kappa shape index (κ1) is 22.1. The first-order valence-corrected chi connectivity index (χ1v) is 10.9. The Balaban J connectivity index is 1.80. The number of rotatable bonds is 13. The minimum atomic E-state index is 0.0460. The van der Waals surface area contributed by atoms with Crippen LogP contribution in [-0.4, -0.2) is 11.6 Å². The topological polar surface area (TPSA) is 34.1 Å². The van der Waals surface area contributed by atoms with Gasteiger partial charge >= 0.3 is 0 Å². The van der Waals surface area contributed by atoms with Gasteiger partial charge in [0, 0.05) is 24.0 Å². The van der Waals surface area contributed by atoms with Crippen LogP contribution in [0.2, 0.25) is 0 Å². The van der Waals surface area contributed by atoms with Crippen LogP contribution in [-0.2, 0) is 12.8 Å². The molecule has 0 bridgehead atoms. The van der Waals surface area contributed by atoms with Crippen molar-refractivity contribution in [2.45, 2.75) is 78.1 Å². The van der Waals surface area contributed by atoms with Crippen LogP contribution in [0, 0.1) is 0 Å². The predicted molar refractivity (Wildman–Crippen MR) is 117 cm³/mol. The summed E-state index contributed by atoms with van der Waals surface area (Å²) in [6.45, 7) is 4.40. The quantitative estimate of drug-likeness (QED) is 0.278. The molecule has 0 spiro atoms. The van der Waals surface area contributed by atoms with Gasteiger partial charge in [-0.1, -0.05) is 88.1 Å². The van der Waals surface area contributed by atoms with E-state index < -0.39 is 0 Å². The molecule has 0 aromatic heterocycles. The van der Waals surface area contributed by atoms with Crippen LogP contribution in [0.5, 0.6) is 0 Å². The van der Waals surface area contributed by atoms with Crippen molar-refractivity contribution >= 4 is 11.6 Å². The summed E-state index contributed by atoms with van der Waals surface area (Å²) in [7, 11) is 0. The van der Waals surface area contributed by atoms with Crippen molar-refractivity contribution in [2.24, 2.45) is 0 Å². The van der Waals surface area contributed by atoms with Gasteiger partial charge in [-0.2, -0.15) is 0 Å². The molecule has 2 aromatic rings. The van der Waals surface area contributed by atoms with E-state index >= 15 is 0 Å². The molecule has 0 radical (unpaired) electrons. The van der Waals surface area contributed by atoms with Crippen molar-refractivity contribution in [3.63, 3.8) is 0 Å². The Morgan fingerprint density at radius 2 is 0.929 bits per heavy atom. The maximum absolute atomic E-state index is 12.4. The summed E-state index contributed by atoms with van der Waals surface area (Å²) in [5, 5.41) is 0. The SMILES string of the molecule is CCCCCc1ccc(C(=O)CCC(=O)c2ccc(CCCCC)cc2)cc1. The summed E-state index contributed by atoms with van der Waals surface area (Å²) < 4.78 is 0. The summed E-state index contributed by atoms with van der Waals surface area (Å²) in [5.41, 5.74) is 3.97. The van der Waals surface area contributed by atoms with Crippen LogP contribution in [0.25, 0.3) is 0 Å². The fraction of sp³-hybridized carbons (Fsp3) is 0.462. The third-order valence-corrected chi connectivity index (χ3v) is 5.27. The van der Waals surface area contributed by atoms with Crippen LogP contribution < -0.4 is 0 Å². The van der Waals surface area contributed by atoms with Crippen LogP contribution in [0.3, 0.4) is 0 Å². The van der Waals surface area contributed by atoms with Crippen LogP contribution in [0.1, 0.15) is 97.1 Å². The van der Waals surface area contributed by atoms with Gasteiger partial charge in [0.1, 0.15) is 0 Å². The minimum Gasteiger partial charge on any atom is -0.294 e. The Morgan fingerprint density at radius 1 is 0.571 bits per heavy atom. The van der Waals surface area contributed by atoms with Gasteiger partial charge in [-0.15, -0.1) is 0 Å². The Labute approximate surface area is 170 Å². The Bertz CT molecular complexity index is 661. The number of hydrogen-bond acceptors (Lipinski definition) is 2. The van der Waals surface area contributed by atoms with Gasteiger partial charge in [-0.05, 0) is 36.8 Å². The zero-order chi connectivity index (χ0) is 20.2. The molecule has 0 fully saturated rings. The van der Waals surface area contributed by atoms with Crippen molar-refractivity contribution in [3.05, 3.63) is 70.8 Å².